The van der Waals surface area contributed by atoms with Crippen LogP contribution in [0, 0.1) is 11.3 Å². The number of rotatable bonds is 4. The number of ether oxygens (including phenoxy) is 1. The Morgan fingerprint density at radius 3 is 2.58 bits per heavy atom. The molecule has 0 fully saturated rings. The Morgan fingerprint density at radius 1 is 1.33 bits per heavy atom. The van der Waals surface area contributed by atoms with Crippen LogP contribution in [-0.2, 0) is 16.0 Å². The molecular weight excluding hydrogens is 308 g/mol. The van der Waals surface area contributed by atoms with Gasteiger partial charge in [0.25, 0.3) is 0 Å². The molecule has 2 N–H and O–H groups in total. The van der Waals surface area contributed by atoms with E-state index in [4.69, 9.17) is 10.5 Å². The van der Waals surface area contributed by atoms with Crippen LogP contribution in [-0.4, -0.2) is 42.5 Å². The molecular formula is C17H18N4O3. The third kappa shape index (κ3) is 3.08. The Morgan fingerprint density at radius 2 is 2.00 bits per heavy atom. The highest BCUT2D eigenvalue weighted by Gasteiger charge is 2.23. The van der Waals surface area contributed by atoms with Gasteiger partial charge in [-0.3, -0.25) is 4.79 Å². The molecule has 7 nitrogen and oxygen atoms in total. The number of anilines is 1. The average Bonchev–Trinajstić information content (AvgIpc) is 2.91. The summed E-state index contributed by atoms with van der Waals surface area (Å²) in [4.78, 5) is 25.6. The van der Waals surface area contributed by atoms with Crippen LogP contribution < -0.4 is 5.73 Å². The number of amides is 1. The molecule has 7 heteroatoms. The van der Waals surface area contributed by atoms with Gasteiger partial charge < -0.3 is 19.9 Å². The number of hydrogen-bond donors (Lipinski definition) is 1. The molecule has 1 aromatic heterocycles. The van der Waals surface area contributed by atoms with Gasteiger partial charge in [-0.1, -0.05) is 18.2 Å². The van der Waals surface area contributed by atoms with Crippen LogP contribution in [0.1, 0.15) is 21.6 Å². The number of methoxy groups -OCH3 is 1. The molecule has 0 unspecified atom stereocenters. The largest absolute Gasteiger partial charge is 0.464 e. The number of aromatic nitrogens is 1. The number of benzene rings is 1. The van der Waals surface area contributed by atoms with Crippen molar-refractivity contribution in [2.75, 3.05) is 26.9 Å². The average molecular weight is 326 g/mol. The van der Waals surface area contributed by atoms with E-state index >= 15 is 0 Å². The van der Waals surface area contributed by atoms with Gasteiger partial charge >= 0.3 is 5.97 Å². The lowest BCUT2D eigenvalue weighted by Gasteiger charge is -2.15. The molecule has 1 aromatic carbocycles. The van der Waals surface area contributed by atoms with E-state index in [-0.39, 0.29) is 29.3 Å². The molecule has 1 amide bonds. The van der Waals surface area contributed by atoms with Crippen LogP contribution in [0.4, 0.5) is 5.69 Å². The number of para-hydroxylation sites is 1. The fourth-order valence-electron chi connectivity index (χ4n) is 2.32. The predicted octanol–water partition coefficient (Wildman–Crippen LogP) is 1.35. The van der Waals surface area contributed by atoms with Crippen molar-refractivity contribution in [3.63, 3.8) is 0 Å². The number of esters is 1. The van der Waals surface area contributed by atoms with Gasteiger partial charge in [-0.05, 0) is 11.6 Å². The Labute approximate surface area is 139 Å². The van der Waals surface area contributed by atoms with Crippen molar-refractivity contribution < 1.29 is 14.3 Å². The summed E-state index contributed by atoms with van der Waals surface area (Å²) in [5.74, 6) is -0.731. The lowest BCUT2D eigenvalue weighted by atomic mass is 10.1. The fraction of sp³-hybridized carbons (Fsp3) is 0.235. The molecule has 0 aliphatic carbocycles. The van der Waals surface area contributed by atoms with Crippen LogP contribution >= 0.6 is 0 Å². The summed E-state index contributed by atoms with van der Waals surface area (Å²) in [6.45, 7) is 0. The molecule has 24 heavy (non-hydrogen) atoms. The molecule has 2 rings (SSSR count). The minimum Gasteiger partial charge on any atom is -0.464 e. The molecule has 0 radical (unpaired) electrons. The van der Waals surface area contributed by atoms with E-state index < -0.39 is 5.97 Å². The summed E-state index contributed by atoms with van der Waals surface area (Å²) < 4.78 is 6.27. The van der Waals surface area contributed by atoms with Crippen molar-refractivity contribution in [1.82, 2.24) is 9.47 Å². The third-order valence-electron chi connectivity index (χ3n) is 3.64. The number of nitrogen functional groups attached to an aromatic ring is 1. The highest BCUT2D eigenvalue weighted by molar-refractivity contribution is 5.96. The van der Waals surface area contributed by atoms with E-state index in [0.717, 1.165) is 0 Å². The smallest absolute Gasteiger partial charge is 0.357 e. The van der Waals surface area contributed by atoms with Crippen molar-refractivity contribution in [3.8, 4) is 11.8 Å². The van der Waals surface area contributed by atoms with Gasteiger partial charge in [0.2, 0.25) is 5.91 Å². The first-order valence-electron chi connectivity index (χ1n) is 7.18. The third-order valence-corrected chi connectivity index (χ3v) is 3.64. The molecule has 0 aliphatic heterocycles. The number of nitrogens with two attached hydrogens (primary N) is 1. The Balaban J connectivity index is 2.63. The molecule has 2 aromatic rings. The zero-order chi connectivity index (χ0) is 17.9. The SMILES string of the molecule is COC(=O)c1c(N)c(C#N)cn1-c1ccccc1CC(=O)N(C)C. The summed E-state index contributed by atoms with van der Waals surface area (Å²) in [6.07, 6.45) is 1.63. The van der Waals surface area contributed by atoms with Gasteiger partial charge in [-0.25, -0.2) is 4.79 Å². The van der Waals surface area contributed by atoms with Crippen LogP contribution in [0.15, 0.2) is 30.5 Å². The summed E-state index contributed by atoms with van der Waals surface area (Å²) in [7, 11) is 4.59. The lowest BCUT2D eigenvalue weighted by molar-refractivity contribution is -0.127. The zero-order valence-corrected chi connectivity index (χ0v) is 13.7. The first-order chi connectivity index (χ1) is 11.4. The van der Waals surface area contributed by atoms with Gasteiger partial charge in [0.15, 0.2) is 5.69 Å². The second kappa shape index (κ2) is 6.87. The van der Waals surface area contributed by atoms with Gasteiger partial charge in [-0.2, -0.15) is 5.26 Å². The maximum absolute atomic E-state index is 12.1. The number of carbonyl (C=O) groups is 2. The monoisotopic (exact) mass is 326 g/mol. The topological polar surface area (TPSA) is 101 Å². The van der Waals surface area contributed by atoms with Crippen LogP contribution in [0.2, 0.25) is 0 Å². The van der Waals surface area contributed by atoms with Gasteiger partial charge in [0, 0.05) is 26.0 Å². The second-order valence-corrected chi connectivity index (χ2v) is 5.37. The first kappa shape index (κ1) is 17.1. The summed E-state index contributed by atoms with van der Waals surface area (Å²) in [5, 5.41) is 9.19. The molecule has 124 valence electrons. The molecule has 0 atom stereocenters. The van der Waals surface area contributed by atoms with E-state index in [1.807, 2.05) is 6.07 Å². The number of nitrogens with zero attached hydrogens (tertiary/aromatic N) is 3. The van der Waals surface area contributed by atoms with E-state index in [9.17, 15) is 14.9 Å². The Bertz CT molecular complexity index is 831. The van der Waals surface area contributed by atoms with Crippen molar-refractivity contribution in [2.45, 2.75) is 6.42 Å². The Hall–Kier alpha value is -3.27. The predicted molar refractivity (Wildman–Crippen MR) is 88.6 cm³/mol. The molecule has 0 aliphatic rings. The normalized spacial score (nSPS) is 10.1. The molecule has 1 heterocycles. The fourth-order valence-corrected chi connectivity index (χ4v) is 2.32. The standard InChI is InChI=1S/C17H18N4O3/c1-20(2)14(22)8-11-6-4-5-7-13(11)21-10-12(9-18)15(19)16(21)17(23)24-3/h4-7,10H,8,19H2,1-3H3. The van der Waals surface area contributed by atoms with Crippen LogP contribution in [0.3, 0.4) is 0 Å². The van der Waals surface area contributed by atoms with Crippen molar-refractivity contribution >= 4 is 17.6 Å². The van der Waals surface area contributed by atoms with Gasteiger partial charge in [-0.15, -0.1) is 0 Å². The van der Waals surface area contributed by atoms with Gasteiger partial charge in [0.1, 0.15) is 6.07 Å². The summed E-state index contributed by atoms with van der Waals surface area (Å²) in [6, 6.07) is 9.08. The van der Waals surface area contributed by atoms with Crippen LogP contribution in [0.25, 0.3) is 5.69 Å². The van der Waals surface area contributed by atoms with E-state index in [1.165, 1.54) is 22.8 Å². The summed E-state index contributed by atoms with van der Waals surface area (Å²) in [5.41, 5.74) is 7.51. The highest BCUT2D eigenvalue weighted by atomic mass is 16.5. The highest BCUT2D eigenvalue weighted by Crippen LogP contribution is 2.26. The van der Waals surface area contributed by atoms with Crippen molar-refractivity contribution in [1.29, 1.82) is 5.26 Å². The number of carbonyl (C=O) groups excluding carboxylic acids is 2. The van der Waals surface area contributed by atoms with Crippen molar-refractivity contribution in [3.05, 3.63) is 47.3 Å². The molecule has 0 bridgehead atoms. The zero-order valence-electron chi connectivity index (χ0n) is 13.7. The maximum atomic E-state index is 12.1. The number of likely N-dealkylation sites (N-methyl/N-ethyl adjacent to an activating group) is 1. The number of nitriles is 1. The minimum absolute atomic E-state index is 0.0538. The van der Waals surface area contributed by atoms with Crippen molar-refractivity contribution in [2.24, 2.45) is 0 Å². The molecule has 0 saturated heterocycles. The Kier molecular flexibility index (Phi) is 4.90. The van der Waals surface area contributed by atoms with E-state index in [2.05, 4.69) is 0 Å². The lowest BCUT2D eigenvalue weighted by Crippen LogP contribution is -2.24. The summed E-state index contributed by atoms with van der Waals surface area (Å²) >= 11 is 0. The maximum Gasteiger partial charge on any atom is 0.357 e. The van der Waals surface area contributed by atoms with E-state index in [1.54, 1.807) is 38.4 Å². The first-order valence-corrected chi connectivity index (χ1v) is 7.18. The quantitative estimate of drug-likeness (QED) is 0.855. The van der Waals surface area contributed by atoms with E-state index in [0.29, 0.717) is 11.3 Å². The van der Waals surface area contributed by atoms with Gasteiger partial charge in [0.05, 0.1) is 24.8 Å². The number of hydrogen-bond acceptors (Lipinski definition) is 5. The second-order valence-electron chi connectivity index (χ2n) is 5.37. The minimum atomic E-state index is -0.650. The van der Waals surface area contributed by atoms with Crippen LogP contribution in [0.5, 0.6) is 0 Å². The molecule has 0 spiro atoms. The molecule has 0 saturated carbocycles.